The van der Waals surface area contributed by atoms with Gasteiger partial charge >= 0.3 is 11.9 Å². The van der Waals surface area contributed by atoms with Crippen molar-refractivity contribution in [2.45, 2.75) is 92.9 Å². The molecule has 82 heavy (non-hydrogen) atoms. The fourth-order valence-electron chi connectivity index (χ4n) is 7.88. The summed E-state index contributed by atoms with van der Waals surface area (Å²) in [4.78, 5) is 62.0. The van der Waals surface area contributed by atoms with E-state index in [0.29, 0.717) is 56.8 Å². The van der Waals surface area contributed by atoms with Gasteiger partial charge in [-0.1, -0.05) is 190 Å². The lowest BCUT2D eigenvalue weighted by atomic mass is 9.96. The molecule has 3 unspecified atom stereocenters. The first-order valence-electron chi connectivity index (χ1n) is 27.4. The van der Waals surface area contributed by atoms with Crippen molar-refractivity contribution in [1.29, 1.82) is 0 Å². The number of carboxylic acids is 2. The highest BCUT2D eigenvalue weighted by molar-refractivity contribution is 6.10. The molecule has 0 spiro atoms. The van der Waals surface area contributed by atoms with Gasteiger partial charge in [0.15, 0.2) is 23.1 Å². The summed E-state index contributed by atoms with van der Waals surface area (Å²) in [6.45, 7) is 16.5. The molecule has 0 radical (unpaired) electrons. The third kappa shape index (κ3) is 22.8. The van der Waals surface area contributed by atoms with E-state index in [0.717, 1.165) is 41.0 Å². The first-order chi connectivity index (χ1) is 39.5. The smallest absolute Gasteiger partial charge is 0.394 e. The van der Waals surface area contributed by atoms with Crippen molar-refractivity contribution in [3.8, 4) is 11.5 Å². The summed E-state index contributed by atoms with van der Waals surface area (Å²) in [6, 6.07) is 56.8. The zero-order valence-corrected chi connectivity index (χ0v) is 48.8. The average molecular weight is 1110 g/mol. The molecular weight excluding hydrogens is 1030 g/mol. The van der Waals surface area contributed by atoms with Crippen LogP contribution in [0.2, 0.25) is 0 Å². The number of rotatable bonds is 19. The quantitative estimate of drug-likeness (QED) is 0.0343. The summed E-state index contributed by atoms with van der Waals surface area (Å²) in [5.41, 5.74) is 8.13. The van der Waals surface area contributed by atoms with Gasteiger partial charge in [0.25, 0.3) is 0 Å². The van der Waals surface area contributed by atoms with E-state index in [4.69, 9.17) is 9.47 Å². The lowest BCUT2D eigenvalue weighted by molar-refractivity contribution is -0.467. The molecule has 14 nitrogen and oxygen atoms in total. The minimum absolute atomic E-state index is 0.118. The van der Waals surface area contributed by atoms with Gasteiger partial charge in [-0.25, -0.2) is 15.6 Å². The lowest BCUT2D eigenvalue weighted by Crippen LogP contribution is -2.76. The molecule has 0 bridgehead atoms. The van der Waals surface area contributed by atoms with Gasteiger partial charge in [0, 0.05) is 52.1 Å². The molecule has 7 aromatic carbocycles. The number of anilines is 2. The zero-order valence-electron chi connectivity index (χ0n) is 48.8. The van der Waals surface area contributed by atoms with Crippen molar-refractivity contribution in [3.05, 3.63) is 221 Å². The molecule has 0 heterocycles. The third-order valence-corrected chi connectivity index (χ3v) is 12.6. The van der Waals surface area contributed by atoms with E-state index in [1.54, 1.807) is 125 Å². The van der Waals surface area contributed by atoms with Crippen LogP contribution in [-0.2, 0) is 9.59 Å². The highest BCUT2D eigenvalue weighted by Gasteiger charge is 2.16. The van der Waals surface area contributed by atoms with E-state index in [1.807, 2.05) is 107 Å². The topological polar surface area (TPSA) is 210 Å². The number of carbonyl (C=O) groups excluding carboxylic acids is 4. The Morgan fingerprint density at radius 2 is 0.951 bits per heavy atom. The first kappa shape index (κ1) is 65.2. The SMILES string of the molecule is CC(C(=O)[O-])c1cccc(C(=O)c2ccccc2)c1.CC(C(=O)[O-])c1cccc(C(=O)c2ccccc2)c1.CCCCC(CC)C[NH+]=C(N=C(C)C)Nc1ccccc1.COc1ccc(NC(N=C(C)C)=[NH+]c2ccccc2)cc1OC. The Balaban J connectivity index is 0.000000236. The van der Waals surface area contributed by atoms with Crippen LogP contribution in [0, 0.1) is 5.92 Å². The van der Waals surface area contributed by atoms with Crippen molar-refractivity contribution in [3.63, 3.8) is 0 Å². The van der Waals surface area contributed by atoms with E-state index < -0.39 is 23.8 Å². The van der Waals surface area contributed by atoms with Crippen LogP contribution in [0.4, 0.5) is 17.1 Å². The van der Waals surface area contributed by atoms with Gasteiger partial charge in [-0.05, 0) is 99.7 Å². The molecule has 0 saturated carbocycles. The van der Waals surface area contributed by atoms with Gasteiger partial charge in [0.05, 0.1) is 43.6 Å². The van der Waals surface area contributed by atoms with Crippen LogP contribution in [0.15, 0.2) is 198 Å². The molecule has 0 aliphatic carbocycles. The van der Waals surface area contributed by atoms with Crippen LogP contribution < -0.4 is 40.3 Å². The summed E-state index contributed by atoms with van der Waals surface area (Å²) < 4.78 is 10.6. The Morgan fingerprint density at radius 1 is 0.512 bits per heavy atom. The average Bonchev–Trinajstić information content (AvgIpc) is 3.55. The van der Waals surface area contributed by atoms with Crippen molar-refractivity contribution in [2.24, 2.45) is 15.9 Å². The third-order valence-electron chi connectivity index (χ3n) is 12.6. The number of para-hydroxylation sites is 2. The number of methoxy groups -OCH3 is 2. The Bertz CT molecular complexity index is 3120. The summed E-state index contributed by atoms with van der Waals surface area (Å²) in [6.07, 6.45) is 5.06. The molecular formula is C68H78N6O8. The van der Waals surface area contributed by atoms with E-state index >= 15 is 0 Å². The first-order valence-corrected chi connectivity index (χ1v) is 27.4. The fraction of sp³-hybridized carbons (Fsp3) is 0.265. The molecule has 7 rings (SSSR count). The maximum Gasteiger partial charge on any atom is 0.394 e. The van der Waals surface area contributed by atoms with Gasteiger partial charge < -0.3 is 29.3 Å². The number of benzene rings is 7. The maximum absolute atomic E-state index is 12.2. The number of carbonyl (C=O) groups is 4. The Kier molecular flexibility index (Phi) is 28.1. The summed E-state index contributed by atoms with van der Waals surface area (Å²) in [7, 11) is 3.23. The number of unbranched alkanes of at least 4 members (excludes halogenated alkanes) is 1. The monoisotopic (exact) mass is 1110 g/mol. The van der Waals surface area contributed by atoms with Gasteiger partial charge in [-0.3, -0.25) is 14.6 Å². The molecule has 428 valence electrons. The highest BCUT2D eigenvalue weighted by atomic mass is 16.5. The molecule has 0 aromatic heterocycles. The van der Waals surface area contributed by atoms with Gasteiger partial charge in [0.2, 0.25) is 0 Å². The number of nitrogens with zero attached hydrogens (tertiary/aromatic N) is 2. The van der Waals surface area contributed by atoms with Crippen molar-refractivity contribution < 1.29 is 48.8 Å². The number of hydrogen-bond acceptors (Lipinski definition) is 8. The van der Waals surface area contributed by atoms with Crippen LogP contribution >= 0.6 is 0 Å². The second kappa shape index (κ2) is 35.3. The fourth-order valence-corrected chi connectivity index (χ4v) is 7.88. The summed E-state index contributed by atoms with van der Waals surface area (Å²) in [5.74, 6) is -0.453. The number of nitrogens with one attached hydrogen (secondary N) is 4. The molecule has 0 fully saturated rings. The van der Waals surface area contributed by atoms with Gasteiger partial charge in [-0.2, -0.15) is 0 Å². The van der Waals surface area contributed by atoms with Crippen molar-refractivity contribution >= 4 is 63.9 Å². The van der Waals surface area contributed by atoms with E-state index in [9.17, 15) is 29.4 Å². The Hall–Kier alpha value is -9.30. The van der Waals surface area contributed by atoms with Crippen LogP contribution in [0.5, 0.6) is 11.5 Å². The van der Waals surface area contributed by atoms with E-state index in [-0.39, 0.29) is 11.6 Å². The Labute approximate surface area is 483 Å². The second-order valence-electron chi connectivity index (χ2n) is 19.5. The number of ether oxygens (including phenoxy) is 2. The number of aliphatic carboxylic acids is 2. The van der Waals surface area contributed by atoms with Crippen LogP contribution in [0.3, 0.4) is 0 Å². The normalized spacial score (nSPS) is 11.8. The molecule has 0 amide bonds. The minimum atomic E-state index is -1.15. The maximum atomic E-state index is 12.2. The summed E-state index contributed by atoms with van der Waals surface area (Å²) in [5, 5.41) is 28.3. The molecule has 14 heteroatoms. The molecule has 0 aliphatic heterocycles. The van der Waals surface area contributed by atoms with Crippen LogP contribution in [-0.4, -0.2) is 67.6 Å². The molecule has 0 aliphatic rings. The number of carboxylic acid groups (broad SMARTS) is 2. The van der Waals surface area contributed by atoms with Crippen molar-refractivity contribution in [1.82, 2.24) is 0 Å². The van der Waals surface area contributed by atoms with Gasteiger partial charge in [0.1, 0.15) is 5.69 Å². The predicted molar refractivity (Wildman–Crippen MR) is 326 cm³/mol. The second-order valence-corrected chi connectivity index (χ2v) is 19.5. The molecule has 7 aromatic rings. The lowest BCUT2D eigenvalue weighted by Gasteiger charge is -2.13. The zero-order chi connectivity index (χ0) is 59.8. The largest absolute Gasteiger partial charge is 0.550 e. The van der Waals surface area contributed by atoms with E-state index in [1.165, 1.54) is 25.7 Å². The standard InChI is InChI=1S/C18H21N3O2.C18H29N3.2C16H14O3/c1-13(2)19-18(20-14-8-6-5-7-9-14)21-15-10-11-16(22-3)17(12-15)23-4;1-5-7-11-16(6-2)14-19-18(20-15(3)4)21-17-12-9-8-10-13-17;2*1-11(16(18)19)13-8-5-9-14(10-13)15(17)12-6-3-2-4-7-12/h5-12H,1-4H3,(H,20,21);8-10,12-13,16H,5-7,11,14H2,1-4H3,(H,19,21);2*2-11H,1H3,(H,18,19). The number of guanidine groups is 2. The Morgan fingerprint density at radius 3 is 1.39 bits per heavy atom. The van der Waals surface area contributed by atoms with Gasteiger partial charge in [-0.15, -0.1) is 0 Å². The summed E-state index contributed by atoms with van der Waals surface area (Å²) >= 11 is 0. The molecule has 3 atom stereocenters. The highest BCUT2D eigenvalue weighted by Crippen LogP contribution is 2.30. The van der Waals surface area contributed by atoms with Crippen LogP contribution in [0.1, 0.15) is 136 Å². The van der Waals surface area contributed by atoms with Crippen molar-refractivity contribution in [2.75, 3.05) is 31.4 Å². The number of ketones is 2. The molecule has 0 saturated heterocycles. The predicted octanol–water partition coefficient (Wildman–Crippen LogP) is 9.14. The number of aliphatic imine (C=N–C) groups is 2. The van der Waals surface area contributed by atoms with Crippen LogP contribution in [0.25, 0.3) is 0 Å². The number of hydrogen-bond donors (Lipinski definition) is 4. The van der Waals surface area contributed by atoms with E-state index in [2.05, 4.69) is 56.6 Å². The molecule has 4 N–H and O–H groups in total. The minimum Gasteiger partial charge on any atom is -0.550 e.